The van der Waals surface area contributed by atoms with Crippen LogP contribution < -0.4 is 4.90 Å². The van der Waals surface area contributed by atoms with Crippen LogP contribution in [0.2, 0.25) is 0 Å². The number of anilines is 1. The largest absolute Gasteiger partial charge is 0.480 e. The molecular weight excluding hydrogens is 304 g/mol. The van der Waals surface area contributed by atoms with Crippen LogP contribution in [-0.2, 0) is 22.6 Å². The van der Waals surface area contributed by atoms with Gasteiger partial charge in [-0.25, -0.2) is 0 Å². The van der Waals surface area contributed by atoms with E-state index in [-0.39, 0.29) is 19.0 Å². The molecule has 1 aliphatic rings. The summed E-state index contributed by atoms with van der Waals surface area (Å²) in [5, 5.41) is 9.13. The zero-order valence-electron chi connectivity index (χ0n) is 13.4. The number of para-hydroxylation sites is 1. The SMILES string of the molecule is O=C(O)CN(CC(=O)N1CCc2ccccc2C1)c1ccccc1. The molecule has 0 radical (unpaired) electrons. The van der Waals surface area contributed by atoms with E-state index < -0.39 is 5.97 Å². The lowest BCUT2D eigenvalue weighted by Gasteiger charge is -2.31. The minimum Gasteiger partial charge on any atom is -0.480 e. The lowest BCUT2D eigenvalue weighted by molar-refractivity contribution is -0.135. The molecule has 0 fully saturated rings. The van der Waals surface area contributed by atoms with E-state index in [9.17, 15) is 9.59 Å². The van der Waals surface area contributed by atoms with Crippen LogP contribution in [0.25, 0.3) is 0 Å². The average molecular weight is 324 g/mol. The number of carbonyl (C=O) groups excluding carboxylic acids is 1. The number of carboxylic acids is 1. The Kier molecular flexibility index (Phi) is 4.79. The molecule has 5 nitrogen and oxygen atoms in total. The van der Waals surface area contributed by atoms with Gasteiger partial charge in [-0.1, -0.05) is 42.5 Å². The van der Waals surface area contributed by atoms with Crippen molar-refractivity contribution < 1.29 is 14.7 Å². The molecule has 1 N–H and O–H groups in total. The number of rotatable bonds is 5. The number of hydrogen-bond donors (Lipinski definition) is 1. The first-order valence-corrected chi connectivity index (χ1v) is 8.00. The summed E-state index contributed by atoms with van der Waals surface area (Å²) in [6.45, 7) is 1.13. The first kappa shape index (κ1) is 16.1. The summed E-state index contributed by atoms with van der Waals surface area (Å²) in [7, 11) is 0. The lowest BCUT2D eigenvalue weighted by Crippen LogP contribution is -2.44. The van der Waals surface area contributed by atoms with Crippen molar-refractivity contribution in [3.05, 3.63) is 65.7 Å². The molecule has 0 saturated carbocycles. The summed E-state index contributed by atoms with van der Waals surface area (Å²) in [4.78, 5) is 27.2. The topological polar surface area (TPSA) is 60.9 Å². The molecule has 1 amide bonds. The number of fused-ring (bicyclic) bond motifs is 1. The normalized spacial score (nSPS) is 13.2. The van der Waals surface area contributed by atoms with Crippen molar-refractivity contribution in [1.82, 2.24) is 4.90 Å². The van der Waals surface area contributed by atoms with E-state index in [0.29, 0.717) is 13.1 Å². The molecule has 0 saturated heterocycles. The van der Waals surface area contributed by atoms with Crippen molar-refractivity contribution in [3.63, 3.8) is 0 Å². The van der Waals surface area contributed by atoms with Gasteiger partial charge < -0.3 is 14.9 Å². The first-order valence-electron chi connectivity index (χ1n) is 8.00. The molecular formula is C19H20N2O3. The smallest absolute Gasteiger partial charge is 0.323 e. The minimum atomic E-state index is -0.948. The second-order valence-corrected chi connectivity index (χ2v) is 5.92. The highest BCUT2D eigenvalue weighted by Crippen LogP contribution is 2.19. The number of benzene rings is 2. The number of carbonyl (C=O) groups is 2. The van der Waals surface area contributed by atoms with E-state index in [1.165, 1.54) is 11.1 Å². The fourth-order valence-electron chi connectivity index (χ4n) is 3.01. The van der Waals surface area contributed by atoms with Crippen LogP contribution >= 0.6 is 0 Å². The molecule has 0 atom stereocenters. The Morgan fingerprint density at radius 2 is 1.62 bits per heavy atom. The Labute approximate surface area is 141 Å². The molecule has 3 rings (SSSR count). The van der Waals surface area contributed by atoms with E-state index in [1.807, 2.05) is 48.5 Å². The van der Waals surface area contributed by atoms with Gasteiger partial charge in [0, 0.05) is 18.8 Å². The van der Waals surface area contributed by atoms with Crippen LogP contribution in [0.3, 0.4) is 0 Å². The maximum atomic E-state index is 12.7. The predicted molar refractivity (Wildman–Crippen MR) is 91.9 cm³/mol. The molecule has 2 aromatic carbocycles. The Morgan fingerprint density at radius 3 is 2.33 bits per heavy atom. The molecule has 124 valence electrons. The summed E-state index contributed by atoms with van der Waals surface area (Å²) in [6.07, 6.45) is 0.839. The minimum absolute atomic E-state index is 0.0467. The molecule has 0 bridgehead atoms. The molecule has 1 heterocycles. The molecule has 2 aromatic rings. The maximum absolute atomic E-state index is 12.7. The maximum Gasteiger partial charge on any atom is 0.323 e. The van der Waals surface area contributed by atoms with Crippen LogP contribution in [0.15, 0.2) is 54.6 Å². The van der Waals surface area contributed by atoms with Crippen molar-refractivity contribution >= 4 is 17.6 Å². The summed E-state index contributed by atoms with van der Waals surface area (Å²) in [5.74, 6) is -0.995. The van der Waals surface area contributed by atoms with Gasteiger partial charge in [0.05, 0.1) is 6.54 Å². The second kappa shape index (κ2) is 7.17. The van der Waals surface area contributed by atoms with E-state index in [4.69, 9.17) is 5.11 Å². The van der Waals surface area contributed by atoms with Crippen LogP contribution in [0.1, 0.15) is 11.1 Å². The van der Waals surface area contributed by atoms with E-state index >= 15 is 0 Å². The molecule has 1 aliphatic heterocycles. The highest BCUT2D eigenvalue weighted by molar-refractivity contribution is 5.84. The highest BCUT2D eigenvalue weighted by atomic mass is 16.4. The van der Waals surface area contributed by atoms with E-state index in [1.54, 1.807) is 9.80 Å². The zero-order chi connectivity index (χ0) is 16.9. The lowest BCUT2D eigenvalue weighted by atomic mass is 10.00. The molecule has 0 aromatic heterocycles. The van der Waals surface area contributed by atoms with Gasteiger partial charge in [0.15, 0.2) is 0 Å². The quantitative estimate of drug-likeness (QED) is 0.915. The van der Waals surface area contributed by atoms with Crippen molar-refractivity contribution in [1.29, 1.82) is 0 Å². The monoisotopic (exact) mass is 324 g/mol. The Morgan fingerprint density at radius 1 is 0.958 bits per heavy atom. The molecule has 0 aliphatic carbocycles. The van der Waals surface area contributed by atoms with Gasteiger partial charge in [-0.05, 0) is 29.7 Å². The number of carboxylic acid groups (broad SMARTS) is 1. The summed E-state index contributed by atoms with van der Waals surface area (Å²) < 4.78 is 0. The standard InChI is InChI=1S/C19H20N2O3/c22-18(20-11-10-15-6-4-5-7-16(15)12-20)13-21(14-19(23)24)17-8-2-1-3-9-17/h1-9H,10-14H2,(H,23,24). The number of hydrogen-bond acceptors (Lipinski definition) is 3. The third kappa shape index (κ3) is 3.74. The first-order chi connectivity index (χ1) is 11.6. The molecule has 24 heavy (non-hydrogen) atoms. The van der Waals surface area contributed by atoms with Gasteiger partial charge in [0.2, 0.25) is 5.91 Å². The van der Waals surface area contributed by atoms with Crippen LogP contribution in [-0.4, -0.2) is 41.5 Å². The zero-order valence-corrected chi connectivity index (χ0v) is 13.4. The molecule has 5 heteroatoms. The van der Waals surface area contributed by atoms with Crippen molar-refractivity contribution in [2.45, 2.75) is 13.0 Å². The Hall–Kier alpha value is -2.82. The average Bonchev–Trinajstić information content (AvgIpc) is 2.61. The molecule has 0 spiro atoms. The highest BCUT2D eigenvalue weighted by Gasteiger charge is 2.23. The van der Waals surface area contributed by atoms with E-state index in [0.717, 1.165) is 12.1 Å². The van der Waals surface area contributed by atoms with Gasteiger partial charge in [0.25, 0.3) is 0 Å². The van der Waals surface area contributed by atoms with Crippen LogP contribution in [0, 0.1) is 0 Å². The van der Waals surface area contributed by atoms with Gasteiger partial charge in [0.1, 0.15) is 6.54 Å². The number of nitrogens with zero attached hydrogens (tertiary/aromatic N) is 2. The Balaban J connectivity index is 1.71. The van der Waals surface area contributed by atoms with Gasteiger partial charge in [-0.15, -0.1) is 0 Å². The number of aliphatic carboxylic acids is 1. The van der Waals surface area contributed by atoms with Gasteiger partial charge in [-0.3, -0.25) is 9.59 Å². The number of amides is 1. The van der Waals surface area contributed by atoms with Gasteiger partial charge in [-0.2, -0.15) is 0 Å². The van der Waals surface area contributed by atoms with Crippen LogP contribution in [0.4, 0.5) is 5.69 Å². The van der Waals surface area contributed by atoms with Crippen molar-refractivity contribution in [2.24, 2.45) is 0 Å². The Bertz CT molecular complexity index is 730. The summed E-state index contributed by atoms with van der Waals surface area (Å²) >= 11 is 0. The van der Waals surface area contributed by atoms with Gasteiger partial charge >= 0.3 is 5.97 Å². The van der Waals surface area contributed by atoms with Crippen molar-refractivity contribution in [3.8, 4) is 0 Å². The third-order valence-corrected chi connectivity index (χ3v) is 4.26. The third-order valence-electron chi connectivity index (χ3n) is 4.26. The van der Waals surface area contributed by atoms with Crippen molar-refractivity contribution in [2.75, 3.05) is 24.5 Å². The summed E-state index contributed by atoms with van der Waals surface area (Å²) in [6, 6.07) is 17.3. The van der Waals surface area contributed by atoms with E-state index in [2.05, 4.69) is 6.07 Å². The van der Waals surface area contributed by atoms with Crippen LogP contribution in [0.5, 0.6) is 0 Å². The summed E-state index contributed by atoms with van der Waals surface area (Å²) in [5.41, 5.74) is 3.19. The second-order valence-electron chi connectivity index (χ2n) is 5.92. The fraction of sp³-hybridized carbons (Fsp3) is 0.263. The fourth-order valence-corrected chi connectivity index (χ4v) is 3.01. The molecule has 0 unspecified atom stereocenters. The predicted octanol–water partition coefficient (Wildman–Crippen LogP) is 2.16.